The molecule has 0 aromatic rings. The third kappa shape index (κ3) is 3.79. The fraction of sp³-hybridized carbons (Fsp3) is 0.778. The molecule has 16 heavy (non-hydrogen) atoms. The summed E-state index contributed by atoms with van der Waals surface area (Å²) < 4.78 is 22.9. The third-order valence-corrected chi connectivity index (χ3v) is 4.76. The van der Waals surface area contributed by atoms with Gasteiger partial charge in [0.2, 0.25) is 5.91 Å². The van der Waals surface area contributed by atoms with E-state index in [9.17, 15) is 13.2 Å². The average Bonchev–Trinajstić information content (AvgIpc) is 2.55. The van der Waals surface area contributed by atoms with Crippen LogP contribution in [-0.2, 0) is 14.6 Å². The second-order valence-corrected chi connectivity index (χ2v) is 6.10. The van der Waals surface area contributed by atoms with Gasteiger partial charge in [0.05, 0.1) is 23.6 Å². The van der Waals surface area contributed by atoms with Crippen molar-refractivity contribution in [2.45, 2.75) is 18.1 Å². The summed E-state index contributed by atoms with van der Waals surface area (Å²) >= 11 is 0. The molecule has 0 spiro atoms. The second kappa shape index (κ2) is 5.82. The molecular formula is C9H15N3O3S. The van der Waals surface area contributed by atoms with Gasteiger partial charge in [0, 0.05) is 6.54 Å². The molecule has 0 saturated carbocycles. The van der Waals surface area contributed by atoms with Crippen LogP contribution in [0.25, 0.3) is 0 Å². The summed E-state index contributed by atoms with van der Waals surface area (Å²) in [5.41, 5.74) is 0. The topological polar surface area (TPSA) is 99.1 Å². The second-order valence-electron chi connectivity index (χ2n) is 3.70. The number of nitriles is 1. The molecule has 1 aliphatic heterocycles. The highest BCUT2D eigenvalue weighted by Crippen LogP contribution is 2.18. The number of sulfone groups is 1. The van der Waals surface area contributed by atoms with Crippen molar-refractivity contribution in [3.63, 3.8) is 0 Å². The number of rotatable bonds is 5. The lowest BCUT2D eigenvalue weighted by molar-refractivity contribution is -0.120. The van der Waals surface area contributed by atoms with Crippen molar-refractivity contribution in [1.82, 2.24) is 10.6 Å². The van der Waals surface area contributed by atoms with Gasteiger partial charge in [-0.25, -0.2) is 8.42 Å². The first-order valence-corrected chi connectivity index (χ1v) is 6.84. The maximum absolute atomic E-state index is 11.4. The van der Waals surface area contributed by atoms with Crippen molar-refractivity contribution in [2.75, 3.05) is 25.4 Å². The van der Waals surface area contributed by atoms with E-state index < -0.39 is 9.84 Å². The smallest absolute Gasteiger partial charge is 0.234 e. The van der Waals surface area contributed by atoms with Crippen molar-refractivity contribution in [3.8, 4) is 6.07 Å². The highest BCUT2D eigenvalue weighted by Gasteiger charge is 2.30. The molecule has 1 rings (SSSR count). The van der Waals surface area contributed by atoms with E-state index in [-0.39, 0.29) is 30.0 Å². The Morgan fingerprint density at radius 3 is 2.81 bits per heavy atom. The molecule has 7 heteroatoms. The Hall–Kier alpha value is -1.13. The van der Waals surface area contributed by atoms with Gasteiger partial charge in [-0.3, -0.25) is 4.79 Å². The first kappa shape index (κ1) is 12.9. The van der Waals surface area contributed by atoms with E-state index in [4.69, 9.17) is 5.26 Å². The molecule has 1 fully saturated rings. The van der Waals surface area contributed by atoms with Crippen molar-refractivity contribution < 1.29 is 13.2 Å². The van der Waals surface area contributed by atoms with Gasteiger partial charge in [-0.05, 0) is 12.8 Å². The molecule has 0 bridgehead atoms. The highest BCUT2D eigenvalue weighted by atomic mass is 32.2. The zero-order valence-electron chi connectivity index (χ0n) is 8.90. The molecule has 90 valence electrons. The van der Waals surface area contributed by atoms with Gasteiger partial charge in [-0.15, -0.1) is 0 Å². The quantitative estimate of drug-likeness (QED) is 0.592. The van der Waals surface area contributed by atoms with E-state index in [0.717, 1.165) is 0 Å². The molecule has 1 saturated heterocycles. The van der Waals surface area contributed by atoms with Crippen LogP contribution < -0.4 is 10.6 Å². The van der Waals surface area contributed by atoms with Gasteiger partial charge in [0.15, 0.2) is 9.84 Å². The first-order valence-electron chi connectivity index (χ1n) is 5.12. The number of hydrogen-bond donors (Lipinski definition) is 2. The lowest BCUT2D eigenvalue weighted by atomic mass is 10.2. The minimum Gasteiger partial charge on any atom is -0.342 e. The number of nitrogens with zero attached hydrogens (tertiary/aromatic N) is 1. The summed E-state index contributed by atoms with van der Waals surface area (Å²) in [7, 11) is -2.95. The van der Waals surface area contributed by atoms with Crippen LogP contribution in [-0.4, -0.2) is 45.0 Å². The standard InChI is InChI=1S/C9H15N3O3S/c10-3-4-12-9(13)7-11-6-8-2-1-5-16(8,14)15/h8,11H,1-2,4-7H2,(H,12,13). The molecule has 6 nitrogen and oxygen atoms in total. The number of amides is 1. The number of nitrogens with one attached hydrogen (secondary N) is 2. The summed E-state index contributed by atoms with van der Waals surface area (Å²) in [5, 5.41) is 13.0. The number of carbonyl (C=O) groups is 1. The zero-order valence-corrected chi connectivity index (χ0v) is 9.72. The van der Waals surface area contributed by atoms with Crippen LogP contribution in [0.15, 0.2) is 0 Å². The van der Waals surface area contributed by atoms with E-state index in [2.05, 4.69) is 10.6 Å². The van der Waals surface area contributed by atoms with Crippen molar-refractivity contribution in [2.24, 2.45) is 0 Å². The fourth-order valence-corrected chi connectivity index (χ4v) is 3.43. The Morgan fingerprint density at radius 1 is 1.50 bits per heavy atom. The summed E-state index contributed by atoms with van der Waals surface area (Å²) in [4.78, 5) is 11.1. The fourth-order valence-electron chi connectivity index (χ4n) is 1.63. The van der Waals surface area contributed by atoms with Crippen molar-refractivity contribution in [1.29, 1.82) is 5.26 Å². The molecule has 2 N–H and O–H groups in total. The molecular weight excluding hydrogens is 230 g/mol. The predicted octanol–water partition coefficient (Wildman–Crippen LogP) is -1.21. The van der Waals surface area contributed by atoms with Crippen molar-refractivity contribution >= 4 is 15.7 Å². The van der Waals surface area contributed by atoms with E-state index in [0.29, 0.717) is 19.4 Å². The molecule has 1 atom stereocenters. The Kier molecular flexibility index (Phi) is 4.71. The Bertz CT molecular complexity index is 385. The number of carbonyl (C=O) groups excluding carboxylic acids is 1. The largest absolute Gasteiger partial charge is 0.342 e. The van der Waals surface area contributed by atoms with Crippen LogP contribution in [0.3, 0.4) is 0 Å². The SMILES string of the molecule is N#CCNC(=O)CNCC1CCCS1(=O)=O. The molecule has 0 aliphatic carbocycles. The molecule has 0 aromatic heterocycles. The van der Waals surface area contributed by atoms with E-state index in [1.807, 2.05) is 0 Å². The van der Waals surface area contributed by atoms with Crippen LogP contribution in [0.2, 0.25) is 0 Å². The van der Waals surface area contributed by atoms with E-state index in [1.165, 1.54) is 0 Å². The normalized spacial score (nSPS) is 22.6. The lowest BCUT2D eigenvalue weighted by Gasteiger charge is -2.09. The van der Waals surface area contributed by atoms with Gasteiger partial charge in [0.1, 0.15) is 6.54 Å². The Balaban J connectivity index is 2.21. The summed E-state index contributed by atoms with van der Waals surface area (Å²) in [6.07, 6.45) is 1.37. The molecule has 1 heterocycles. The lowest BCUT2D eigenvalue weighted by Crippen LogP contribution is -2.38. The van der Waals surface area contributed by atoms with Gasteiger partial charge in [-0.1, -0.05) is 0 Å². The number of hydrogen-bond acceptors (Lipinski definition) is 5. The average molecular weight is 245 g/mol. The molecule has 1 aliphatic rings. The van der Waals surface area contributed by atoms with E-state index in [1.54, 1.807) is 6.07 Å². The Morgan fingerprint density at radius 2 is 2.25 bits per heavy atom. The molecule has 1 amide bonds. The Labute approximate surface area is 94.9 Å². The molecule has 1 unspecified atom stereocenters. The first-order chi connectivity index (χ1) is 7.56. The van der Waals surface area contributed by atoms with Crippen LogP contribution in [0.5, 0.6) is 0 Å². The van der Waals surface area contributed by atoms with Gasteiger partial charge >= 0.3 is 0 Å². The van der Waals surface area contributed by atoms with Crippen LogP contribution in [0.1, 0.15) is 12.8 Å². The van der Waals surface area contributed by atoms with Gasteiger partial charge in [-0.2, -0.15) is 5.26 Å². The minimum absolute atomic E-state index is 0.0256. The van der Waals surface area contributed by atoms with Gasteiger partial charge < -0.3 is 10.6 Å². The van der Waals surface area contributed by atoms with E-state index >= 15 is 0 Å². The van der Waals surface area contributed by atoms with Crippen LogP contribution in [0, 0.1) is 11.3 Å². The van der Waals surface area contributed by atoms with Crippen LogP contribution in [0.4, 0.5) is 0 Å². The minimum atomic E-state index is -2.95. The monoisotopic (exact) mass is 245 g/mol. The summed E-state index contributed by atoms with van der Waals surface area (Å²) in [6, 6.07) is 1.79. The third-order valence-electron chi connectivity index (χ3n) is 2.49. The van der Waals surface area contributed by atoms with Crippen LogP contribution >= 0.6 is 0 Å². The molecule has 0 aromatic carbocycles. The van der Waals surface area contributed by atoms with Gasteiger partial charge in [0.25, 0.3) is 0 Å². The zero-order chi connectivity index (χ0) is 12.0. The maximum atomic E-state index is 11.4. The highest BCUT2D eigenvalue weighted by molar-refractivity contribution is 7.92. The summed E-state index contributed by atoms with van der Waals surface area (Å²) in [5.74, 6) is -0.0445. The van der Waals surface area contributed by atoms with Crippen molar-refractivity contribution in [3.05, 3.63) is 0 Å². The maximum Gasteiger partial charge on any atom is 0.234 e. The summed E-state index contributed by atoms with van der Waals surface area (Å²) in [6.45, 7) is 0.332. The molecule has 0 radical (unpaired) electrons. The predicted molar refractivity (Wildman–Crippen MR) is 58.3 cm³/mol.